The van der Waals surface area contributed by atoms with E-state index in [9.17, 15) is 9.59 Å². The quantitative estimate of drug-likeness (QED) is 0.636. The van der Waals surface area contributed by atoms with Crippen molar-refractivity contribution in [1.29, 1.82) is 0 Å². The van der Waals surface area contributed by atoms with Gasteiger partial charge >= 0.3 is 5.97 Å². The van der Waals surface area contributed by atoms with Crippen LogP contribution in [0.3, 0.4) is 0 Å². The van der Waals surface area contributed by atoms with Crippen LogP contribution in [0, 0.1) is 0 Å². The molecule has 0 bridgehead atoms. The molecule has 0 fully saturated rings. The number of halogens is 1. The van der Waals surface area contributed by atoms with E-state index in [1.807, 2.05) is 30.5 Å². The van der Waals surface area contributed by atoms with E-state index in [1.54, 1.807) is 44.2 Å². The second-order valence-electron chi connectivity index (χ2n) is 6.27. The number of allylic oxidation sites excluding steroid dienone is 1. The molecular formula is C22H21ClN2O3S. The van der Waals surface area contributed by atoms with Gasteiger partial charge in [0.1, 0.15) is 6.04 Å². The largest absolute Gasteiger partial charge is 0.463 e. The molecule has 1 unspecified atom stereocenters. The van der Waals surface area contributed by atoms with E-state index in [0.717, 1.165) is 0 Å². The Morgan fingerprint density at radius 3 is 2.41 bits per heavy atom. The molecule has 1 amide bonds. The van der Waals surface area contributed by atoms with E-state index in [4.69, 9.17) is 21.3 Å². The fourth-order valence-electron chi connectivity index (χ4n) is 3.18. The standard InChI is InChI=1S/C22H21ClN2O3S/c1-4-28-21(27)18-14(2)25(20(26)15-10-6-5-7-11-15)22(29-3)24-19(18)16-12-8-9-13-17(16)23/h5-13,19H,4H2,1-3H3. The summed E-state index contributed by atoms with van der Waals surface area (Å²) in [5.74, 6) is -0.764. The summed E-state index contributed by atoms with van der Waals surface area (Å²) < 4.78 is 5.29. The van der Waals surface area contributed by atoms with Crippen LogP contribution in [0.15, 0.2) is 70.9 Å². The third-order valence-corrected chi connectivity index (χ3v) is 5.53. The molecule has 0 radical (unpaired) electrons. The van der Waals surface area contributed by atoms with Gasteiger partial charge < -0.3 is 4.74 Å². The van der Waals surface area contributed by atoms with Crippen LogP contribution < -0.4 is 0 Å². The van der Waals surface area contributed by atoms with Gasteiger partial charge in [-0.05, 0) is 38.3 Å². The molecule has 0 aromatic heterocycles. The number of aliphatic imine (C=N–C) groups is 1. The molecule has 1 aliphatic heterocycles. The van der Waals surface area contributed by atoms with Gasteiger partial charge in [-0.2, -0.15) is 0 Å². The normalized spacial score (nSPS) is 16.5. The molecule has 3 rings (SSSR count). The maximum Gasteiger partial charge on any atom is 0.338 e. The second-order valence-corrected chi connectivity index (χ2v) is 7.45. The smallest absolute Gasteiger partial charge is 0.338 e. The number of amidine groups is 1. The highest BCUT2D eigenvalue weighted by atomic mass is 35.5. The molecule has 5 nitrogen and oxygen atoms in total. The topological polar surface area (TPSA) is 59.0 Å². The maximum absolute atomic E-state index is 13.2. The van der Waals surface area contributed by atoms with Crippen molar-refractivity contribution in [2.45, 2.75) is 19.9 Å². The molecule has 1 atom stereocenters. The van der Waals surface area contributed by atoms with Gasteiger partial charge in [-0.3, -0.25) is 9.69 Å². The van der Waals surface area contributed by atoms with Crippen LogP contribution in [0.2, 0.25) is 5.02 Å². The lowest BCUT2D eigenvalue weighted by Gasteiger charge is -2.33. The molecule has 0 saturated heterocycles. The predicted octanol–water partition coefficient (Wildman–Crippen LogP) is 5.09. The molecule has 2 aromatic rings. The summed E-state index contributed by atoms with van der Waals surface area (Å²) in [7, 11) is 0. The summed E-state index contributed by atoms with van der Waals surface area (Å²) in [5.41, 5.74) is 1.99. The first-order valence-electron chi connectivity index (χ1n) is 9.13. The summed E-state index contributed by atoms with van der Waals surface area (Å²) in [6.45, 7) is 3.70. The molecule has 7 heteroatoms. The Morgan fingerprint density at radius 1 is 1.14 bits per heavy atom. The molecular weight excluding hydrogens is 408 g/mol. The van der Waals surface area contributed by atoms with Crippen molar-refractivity contribution in [2.75, 3.05) is 12.9 Å². The lowest BCUT2D eigenvalue weighted by atomic mass is 9.95. The third kappa shape index (κ3) is 4.23. The highest BCUT2D eigenvalue weighted by molar-refractivity contribution is 8.13. The van der Waals surface area contributed by atoms with Crippen LogP contribution in [0.5, 0.6) is 0 Å². The highest BCUT2D eigenvalue weighted by Crippen LogP contribution is 2.39. The predicted molar refractivity (Wildman–Crippen MR) is 117 cm³/mol. The van der Waals surface area contributed by atoms with E-state index in [1.165, 1.54) is 16.7 Å². The number of hydrogen-bond donors (Lipinski definition) is 0. The van der Waals surface area contributed by atoms with Gasteiger partial charge in [-0.15, -0.1) is 0 Å². The van der Waals surface area contributed by atoms with Crippen molar-refractivity contribution in [2.24, 2.45) is 4.99 Å². The van der Waals surface area contributed by atoms with Crippen LogP contribution in [0.25, 0.3) is 0 Å². The zero-order chi connectivity index (χ0) is 21.0. The molecule has 29 heavy (non-hydrogen) atoms. The van der Waals surface area contributed by atoms with E-state index < -0.39 is 12.0 Å². The van der Waals surface area contributed by atoms with Gasteiger partial charge in [0, 0.05) is 21.8 Å². The Morgan fingerprint density at radius 2 is 1.79 bits per heavy atom. The van der Waals surface area contributed by atoms with Crippen molar-refractivity contribution >= 4 is 40.4 Å². The lowest BCUT2D eigenvalue weighted by Crippen LogP contribution is -2.39. The molecule has 0 aliphatic carbocycles. The van der Waals surface area contributed by atoms with Gasteiger partial charge in [0.25, 0.3) is 5.91 Å². The molecule has 0 spiro atoms. The molecule has 1 heterocycles. The van der Waals surface area contributed by atoms with Crippen molar-refractivity contribution in [3.05, 3.63) is 82.0 Å². The lowest BCUT2D eigenvalue weighted by molar-refractivity contribution is -0.139. The van der Waals surface area contributed by atoms with Gasteiger partial charge in [0.05, 0.1) is 12.2 Å². The Kier molecular flexibility index (Phi) is 6.77. The number of nitrogens with zero attached hydrogens (tertiary/aromatic N) is 2. The first kappa shape index (κ1) is 21.1. The molecule has 0 saturated carbocycles. The minimum atomic E-state index is -0.648. The fourth-order valence-corrected chi connectivity index (χ4v) is 4.03. The van der Waals surface area contributed by atoms with Crippen LogP contribution in [0.4, 0.5) is 0 Å². The monoisotopic (exact) mass is 428 g/mol. The minimum Gasteiger partial charge on any atom is -0.463 e. The number of rotatable bonds is 4. The van der Waals surface area contributed by atoms with Gasteiger partial charge in [0.15, 0.2) is 5.17 Å². The Balaban J connectivity index is 2.17. The van der Waals surface area contributed by atoms with E-state index >= 15 is 0 Å². The second kappa shape index (κ2) is 9.29. The van der Waals surface area contributed by atoms with Crippen molar-refractivity contribution in [3.8, 4) is 0 Å². The van der Waals surface area contributed by atoms with E-state index in [0.29, 0.717) is 32.6 Å². The van der Waals surface area contributed by atoms with E-state index in [2.05, 4.69) is 0 Å². The number of amides is 1. The average Bonchev–Trinajstić information content (AvgIpc) is 2.73. The molecule has 2 aromatic carbocycles. The number of hydrogen-bond acceptors (Lipinski definition) is 5. The third-order valence-electron chi connectivity index (χ3n) is 4.53. The summed E-state index contributed by atoms with van der Waals surface area (Å²) in [6.07, 6.45) is 1.84. The first-order valence-corrected chi connectivity index (χ1v) is 10.7. The Hall–Kier alpha value is -2.57. The fraction of sp³-hybridized carbons (Fsp3) is 0.227. The van der Waals surface area contributed by atoms with Crippen LogP contribution in [-0.2, 0) is 9.53 Å². The van der Waals surface area contributed by atoms with Crippen LogP contribution in [0.1, 0.15) is 35.8 Å². The number of carbonyl (C=O) groups is 2. The minimum absolute atomic E-state index is 0.219. The summed E-state index contributed by atoms with van der Waals surface area (Å²) in [4.78, 5) is 32.3. The highest BCUT2D eigenvalue weighted by Gasteiger charge is 2.37. The number of ether oxygens (including phenoxy) is 1. The van der Waals surface area contributed by atoms with Crippen molar-refractivity contribution in [3.63, 3.8) is 0 Å². The zero-order valence-electron chi connectivity index (χ0n) is 16.4. The van der Waals surface area contributed by atoms with Crippen molar-refractivity contribution in [1.82, 2.24) is 4.90 Å². The van der Waals surface area contributed by atoms with Crippen molar-refractivity contribution < 1.29 is 14.3 Å². The van der Waals surface area contributed by atoms with E-state index in [-0.39, 0.29) is 12.5 Å². The molecule has 0 N–H and O–H groups in total. The van der Waals surface area contributed by atoms with Gasteiger partial charge in [-0.1, -0.05) is 59.8 Å². The Labute approximate surface area is 179 Å². The SMILES string of the molecule is CCOC(=O)C1=C(C)N(C(=O)c2ccccc2)C(SC)=NC1c1ccccc1Cl. The Bertz CT molecular complexity index is 989. The van der Waals surface area contributed by atoms with Crippen LogP contribution >= 0.6 is 23.4 Å². The van der Waals surface area contributed by atoms with Crippen LogP contribution in [-0.4, -0.2) is 34.8 Å². The average molecular weight is 429 g/mol. The summed E-state index contributed by atoms with van der Waals surface area (Å²) in [6, 6.07) is 15.5. The number of esters is 1. The molecule has 150 valence electrons. The number of thioether (sulfide) groups is 1. The maximum atomic E-state index is 13.2. The van der Waals surface area contributed by atoms with Gasteiger partial charge in [0.2, 0.25) is 0 Å². The number of carbonyl (C=O) groups excluding carboxylic acids is 2. The van der Waals surface area contributed by atoms with Gasteiger partial charge in [-0.25, -0.2) is 9.79 Å². The molecule has 1 aliphatic rings. The zero-order valence-corrected chi connectivity index (χ0v) is 18.0. The number of benzene rings is 2. The summed E-state index contributed by atoms with van der Waals surface area (Å²) in [5, 5.41) is 0.994. The first-order chi connectivity index (χ1) is 14.0. The summed E-state index contributed by atoms with van der Waals surface area (Å²) >= 11 is 7.74.